The molecule has 2 aromatic rings. The molecule has 0 saturated carbocycles. The third-order valence-corrected chi connectivity index (χ3v) is 6.39. The lowest BCUT2D eigenvalue weighted by atomic mass is 9.97. The van der Waals surface area contributed by atoms with Crippen LogP contribution in [0.25, 0.3) is 5.69 Å². The molecule has 0 unspecified atom stereocenters. The van der Waals surface area contributed by atoms with E-state index in [2.05, 4.69) is 38.3 Å². The largest absolute Gasteiger partial charge is 0.466 e. The zero-order valence-corrected chi connectivity index (χ0v) is 17.4. The van der Waals surface area contributed by atoms with E-state index in [0.717, 1.165) is 55.9 Å². The van der Waals surface area contributed by atoms with E-state index < -0.39 is 0 Å². The number of fused-ring (bicyclic) bond motifs is 1. The highest BCUT2D eigenvalue weighted by Crippen LogP contribution is 2.28. The van der Waals surface area contributed by atoms with Gasteiger partial charge in [0.2, 0.25) is 0 Å². The van der Waals surface area contributed by atoms with Crippen molar-refractivity contribution in [2.45, 2.75) is 52.1 Å². The summed E-state index contributed by atoms with van der Waals surface area (Å²) in [7, 11) is 0. The lowest BCUT2D eigenvalue weighted by Crippen LogP contribution is -2.38. The zero-order valence-electron chi connectivity index (χ0n) is 16.6. The van der Waals surface area contributed by atoms with Crippen LogP contribution in [0.5, 0.6) is 0 Å². The van der Waals surface area contributed by atoms with Crippen LogP contribution in [0.1, 0.15) is 44.0 Å². The number of ether oxygens (including phenoxy) is 1. The fourth-order valence-electron chi connectivity index (χ4n) is 4.52. The fraction of sp³-hybridized carbons (Fsp3) is 0.545. The van der Waals surface area contributed by atoms with Crippen molar-refractivity contribution in [3.63, 3.8) is 0 Å². The minimum atomic E-state index is -0.0358. The Balaban J connectivity index is 1.55. The molecule has 150 valence electrons. The molecular weight excluding hydrogens is 370 g/mol. The standard InChI is InChI=1S/C22H29N3O2S/c1-2-27-21(26)17-12-14-23(15-13-17)16-24-19-10-6-7-11-20(19)25(22(24)28)18-8-4-3-5-9-18/h3-5,8-9,17H,2,6-7,10-16H2,1H3. The predicted molar refractivity (Wildman–Crippen MR) is 112 cm³/mol. The molecule has 0 bridgehead atoms. The zero-order chi connectivity index (χ0) is 19.5. The first-order valence-electron chi connectivity index (χ1n) is 10.5. The molecule has 0 atom stereocenters. The van der Waals surface area contributed by atoms with Gasteiger partial charge in [-0.2, -0.15) is 0 Å². The second-order valence-electron chi connectivity index (χ2n) is 7.77. The maximum atomic E-state index is 12.0. The number of carbonyl (C=O) groups is 1. The summed E-state index contributed by atoms with van der Waals surface area (Å²) in [5.41, 5.74) is 3.93. The van der Waals surface area contributed by atoms with E-state index >= 15 is 0 Å². The van der Waals surface area contributed by atoms with Crippen molar-refractivity contribution in [1.82, 2.24) is 14.0 Å². The van der Waals surface area contributed by atoms with E-state index in [1.807, 2.05) is 13.0 Å². The van der Waals surface area contributed by atoms with Crippen molar-refractivity contribution >= 4 is 18.2 Å². The minimum absolute atomic E-state index is 0.0358. The molecular formula is C22H29N3O2S. The predicted octanol–water partition coefficient (Wildman–Crippen LogP) is 4.12. The van der Waals surface area contributed by atoms with Crippen molar-refractivity contribution in [3.05, 3.63) is 46.5 Å². The maximum absolute atomic E-state index is 12.0. The number of benzene rings is 1. The quantitative estimate of drug-likeness (QED) is 0.560. The van der Waals surface area contributed by atoms with E-state index in [-0.39, 0.29) is 11.9 Å². The number of imidazole rings is 1. The molecule has 1 fully saturated rings. The minimum Gasteiger partial charge on any atom is -0.466 e. The Morgan fingerprint density at radius 3 is 2.46 bits per heavy atom. The fourth-order valence-corrected chi connectivity index (χ4v) is 4.90. The highest BCUT2D eigenvalue weighted by Gasteiger charge is 2.28. The molecule has 0 radical (unpaired) electrons. The van der Waals surface area contributed by atoms with Crippen molar-refractivity contribution < 1.29 is 9.53 Å². The van der Waals surface area contributed by atoms with Crippen LogP contribution in [-0.2, 0) is 29.0 Å². The summed E-state index contributed by atoms with van der Waals surface area (Å²) in [4.78, 5) is 14.4. The van der Waals surface area contributed by atoms with Crippen molar-refractivity contribution in [2.75, 3.05) is 19.7 Å². The number of piperidine rings is 1. The van der Waals surface area contributed by atoms with Gasteiger partial charge in [0, 0.05) is 30.2 Å². The normalized spacial score (nSPS) is 18.0. The summed E-state index contributed by atoms with van der Waals surface area (Å²) >= 11 is 5.94. The summed E-state index contributed by atoms with van der Waals surface area (Å²) in [5, 5.41) is 0. The van der Waals surface area contributed by atoms with Gasteiger partial charge in [0.1, 0.15) is 0 Å². The maximum Gasteiger partial charge on any atom is 0.309 e. The van der Waals surface area contributed by atoms with Crippen LogP contribution in [0.3, 0.4) is 0 Å². The van der Waals surface area contributed by atoms with E-state index in [1.165, 1.54) is 24.2 Å². The number of carbonyl (C=O) groups excluding carboxylic acids is 1. The first-order chi connectivity index (χ1) is 13.7. The van der Waals surface area contributed by atoms with Gasteiger partial charge in [-0.1, -0.05) is 18.2 Å². The summed E-state index contributed by atoms with van der Waals surface area (Å²) in [6.45, 7) is 4.98. The second-order valence-corrected chi connectivity index (χ2v) is 8.13. The topological polar surface area (TPSA) is 39.4 Å². The van der Waals surface area contributed by atoms with Gasteiger partial charge in [-0.25, -0.2) is 0 Å². The van der Waals surface area contributed by atoms with Crippen molar-refractivity contribution in [1.29, 1.82) is 0 Å². The number of rotatable bonds is 5. The van der Waals surface area contributed by atoms with Crippen LogP contribution in [0.15, 0.2) is 30.3 Å². The Kier molecular flexibility index (Phi) is 5.97. The molecule has 4 rings (SSSR count). The molecule has 0 N–H and O–H groups in total. The summed E-state index contributed by atoms with van der Waals surface area (Å²) in [6.07, 6.45) is 6.38. The second kappa shape index (κ2) is 8.62. The van der Waals surface area contributed by atoms with Crippen LogP contribution >= 0.6 is 12.2 Å². The molecule has 6 heteroatoms. The Morgan fingerprint density at radius 2 is 1.79 bits per heavy atom. The SMILES string of the molecule is CCOC(=O)C1CCN(Cn2c3c(n(-c4ccccc4)c2=S)CCCC3)CC1. The Morgan fingerprint density at radius 1 is 1.11 bits per heavy atom. The molecule has 1 aliphatic heterocycles. The monoisotopic (exact) mass is 399 g/mol. The molecule has 1 aromatic heterocycles. The Hall–Kier alpha value is -1.92. The lowest BCUT2D eigenvalue weighted by molar-refractivity contribution is -0.149. The number of esters is 1. The molecule has 1 aliphatic carbocycles. The molecule has 1 aromatic carbocycles. The van der Waals surface area contributed by atoms with E-state index in [0.29, 0.717) is 6.61 Å². The van der Waals surface area contributed by atoms with Crippen molar-refractivity contribution in [3.8, 4) is 5.69 Å². The van der Waals surface area contributed by atoms with E-state index in [9.17, 15) is 4.79 Å². The van der Waals surface area contributed by atoms with Gasteiger partial charge in [-0.3, -0.25) is 14.3 Å². The van der Waals surface area contributed by atoms with Crippen LogP contribution in [0.2, 0.25) is 0 Å². The number of aromatic nitrogens is 2. The Bertz CT molecular complexity index is 879. The summed E-state index contributed by atoms with van der Waals surface area (Å²) < 4.78 is 10.7. The first kappa shape index (κ1) is 19.4. The van der Waals surface area contributed by atoms with Crippen LogP contribution < -0.4 is 0 Å². The van der Waals surface area contributed by atoms with Crippen LogP contribution in [-0.4, -0.2) is 39.7 Å². The number of para-hydroxylation sites is 1. The molecule has 5 nitrogen and oxygen atoms in total. The average molecular weight is 400 g/mol. The van der Waals surface area contributed by atoms with Gasteiger partial charge in [0.25, 0.3) is 0 Å². The molecule has 0 spiro atoms. The van der Waals surface area contributed by atoms with Crippen molar-refractivity contribution in [2.24, 2.45) is 5.92 Å². The van der Waals surface area contributed by atoms with Crippen LogP contribution in [0.4, 0.5) is 0 Å². The molecule has 2 aliphatic rings. The number of likely N-dealkylation sites (tertiary alicyclic amines) is 1. The first-order valence-corrected chi connectivity index (χ1v) is 10.9. The molecule has 28 heavy (non-hydrogen) atoms. The third-order valence-electron chi connectivity index (χ3n) is 5.99. The van der Waals surface area contributed by atoms with E-state index in [1.54, 1.807) is 0 Å². The third kappa shape index (κ3) is 3.80. The lowest BCUT2D eigenvalue weighted by Gasteiger charge is -2.31. The highest BCUT2D eigenvalue weighted by atomic mass is 32.1. The number of nitrogens with zero attached hydrogens (tertiary/aromatic N) is 3. The smallest absolute Gasteiger partial charge is 0.309 e. The summed E-state index contributed by atoms with van der Waals surface area (Å²) in [6, 6.07) is 10.5. The van der Waals surface area contributed by atoms with Crippen LogP contribution in [0, 0.1) is 10.7 Å². The number of hydrogen-bond donors (Lipinski definition) is 0. The summed E-state index contributed by atoms with van der Waals surface area (Å²) in [5.74, 6) is 0.0124. The Labute approximate surface area is 171 Å². The van der Waals surface area contributed by atoms with Gasteiger partial charge in [-0.15, -0.1) is 0 Å². The van der Waals surface area contributed by atoms with Gasteiger partial charge >= 0.3 is 5.97 Å². The molecule has 2 heterocycles. The number of hydrogen-bond acceptors (Lipinski definition) is 4. The van der Waals surface area contributed by atoms with Gasteiger partial charge in [0.15, 0.2) is 4.77 Å². The van der Waals surface area contributed by atoms with Gasteiger partial charge in [0.05, 0.1) is 19.2 Å². The highest BCUT2D eigenvalue weighted by molar-refractivity contribution is 7.71. The average Bonchev–Trinajstić information content (AvgIpc) is 3.01. The molecule has 0 amide bonds. The van der Waals surface area contributed by atoms with Gasteiger partial charge < -0.3 is 9.30 Å². The van der Waals surface area contributed by atoms with E-state index in [4.69, 9.17) is 17.0 Å². The molecule has 1 saturated heterocycles. The van der Waals surface area contributed by atoms with Gasteiger partial charge in [-0.05, 0) is 69.8 Å².